The molecule has 38 heavy (non-hydrogen) atoms. The molecule has 0 radical (unpaired) electrons. The van der Waals surface area contributed by atoms with Crippen molar-refractivity contribution < 1.29 is 19.4 Å². The van der Waals surface area contributed by atoms with Gasteiger partial charge < -0.3 is 24.9 Å². The largest absolute Gasteiger partial charge is 0.493 e. The van der Waals surface area contributed by atoms with Gasteiger partial charge in [0.1, 0.15) is 12.3 Å². The fraction of sp³-hybridized carbons (Fsp3) is 0.129. The fourth-order valence-corrected chi connectivity index (χ4v) is 5.28. The highest BCUT2D eigenvalue weighted by atomic mass is 32.2. The SMILES string of the molecule is COc1cc(CNCc2ccc3c(Sc4ccccc4)c(C(=O)O)[nH]c3c2)ccc1OCc1ccccc1. The Bertz CT molecular complexity index is 1530. The van der Waals surface area contributed by atoms with E-state index in [-0.39, 0.29) is 5.69 Å². The van der Waals surface area contributed by atoms with E-state index in [0.29, 0.717) is 31.2 Å². The van der Waals surface area contributed by atoms with E-state index < -0.39 is 5.97 Å². The second-order valence-corrected chi connectivity index (χ2v) is 9.88. The molecule has 192 valence electrons. The number of carboxylic acid groups (broad SMARTS) is 1. The van der Waals surface area contributed by atoms with Gasteiger partial charge in [-0.3, -0.25) is 0 Å². The number of methoxy groups -OCH3 is 1. The highest BCUT2D eigenvalue weighted by Crippen LogP contribution is 2.37. The van der Waals surface area contributed by atoms with Crippen molar-refractivity contribution in [1.29, 1.82) is 0 Å². The number of aromatic carboxylic acids is 1. The van der Waals surface area contributed by atoms with E-state index in [1.54, 1.807) is 7.11 Å². The predicted octanol–water partition coefficient (Wildman–Crippen LogP) is 6.89. The Morgan fingerprint density at radius 1 is 0.842 bits per heavy atom. The molecule has 0 spiro atoms. The summed E-state index contributed by atoms with van der Waals surface area (Å²) in [4.78, 5) is 16.7. The Morgan fingerprint density at radius 2 is 1.53 bits per heavy atom. The maximum atomic E-state index is 11.9. The zero-order valence-corrected chi connectivity index (χ0v) is 21.8. The molecule has 0 fully saturated rings. The first-order valence-electron chi connectivity index (χ1n) is 12.3. The van der Waals surface area contributed by atoms with Gasteiger partial charge in [0.25, 0.3) is 0 Å². The van der Waals surface area contributed by atoms with Crippen LogP contribution >= 0.6 is 11.8 Å². The Labute approximate surface area is 225 Å². The molecule has 3 N–H and O–H groups in total. The molecular weight excluding hydrogens is 496 g/mol. The van der Waals surface area contributed by atoms with Crippen LogP contribution in [0.1, 0.15) is 27.2 Å². The van der Waals surface area contributed by atoms with Crippen molar-refractivity contribution in [3.63, 3.8) is 0 Å². The number of nitrogens with one attached hydrogen (secondary N) is 2. The van der Waals surface area contributed by atoms with Crippen molar-refractivity contribution in [3.8, 4) is 11.5 Å². The van der Waals surface area contributed by atoms with Gasteiger partial charge in [0.05, 0.1) is 12.0 Å². The molecule has 0 saturated carbocycles. The average molecular weight is 525 g/mol. The molecule has 7 heteroatoms. The molecule has 6 nitrogen and oxygen atoms in total. The van der Waals surface area contributed by atoms with Crippen LogP contribution in [0, 0.1) is 0 Å². The third-order valence-corrected chi connectivity index (χ3v) is 7.25. The summed E-state index contributed by atoms with van der Waals surface area (Å²) in [7, 11) is 1.64. The third kappa shape index (κ3) is 6.02. The molecule has 0 saturated heterocycles. The summed E-state index contributed by atoms with van der Waals surface area (Å²) in [6.45, 7) is 1.76. The van der Waals surface area contributed by atoms with Gasteiger partial charge in [0.15, 0.2) is 11.5 Å². The van der Waals surface area contributed by atoms with Gasteiger partial charge in [-0.25, -0.2) is 4.79 Å². The monoisotopic (exact) mass is 524 g/mol. The number of benzene rings is 4. The summed E-state index contributed by atoms with van der Waals surface area (Å²) in [5, 5.41) is 14.1. The lowest BCUT2D eigenvalue weighted by atomic mass is 10.1. The average Bonchev–Trinajstić information content (AvgIpc) is 3.31. The minimum atomic E-state index is -0.968. The number of carbonyl (C=O) groups is 1. The molecule has 0 bridgehead atoms. The molecule has 0 aliphatic rings. The zero-order chi connectivity index (χ0) is 26.3. The van der Waals surface area contributed by atoms with Crippen LogP contribution in [0.4, 0.5) is 0 Å². The van der Waals surface area contributed by atoms with Gasteiger partial charge >= 0.3 is 5.97 Å². The lowest BCUT2D eigenvalue weighted by Crippen LogP contribution is -2.12. The molecule has 0 amide bonds. The molecule has 5 rings (SSSR count). The van der Waals surface area contributed by atoms with Crippen molar-refractivity contribution in [2.75, 3.05) is 7.11 Å². The second-order valence-electron chi connectivity index (χ2n) is 8.79. The first kappa shape index (κ1) is 25.4. The summed E-state index contributed by atoms with van der Waals surface area (Å²) in [5.74, 6) is 0.429. The Balaban J connectivity index is 1.24. The molecule has 0 atom stereocenters. The number of hydrogen-bond donors (Lipinski definition) is 3. The van der Waals surface area contributed by atoms with E-state index in [4.69, 9.17) is 9.47 Å². The summed E-state index contributed by atoms with van der Waals surface area (Å²) in [6.07, 6.45) is 0. The fourth-order valence-electron chi connectivity index (χ4n) is 4.22. The van der Waals surface area contributed by atoms with Gasteiger partial charge in [-0.1, -0.05) is 78.5 Å². The third-order valence-electron chi connectivity index (χ3n) is 6.12. The number of H-pyrrole nitrogens is 1. The second kappa shape index (κ2) is 11.9. The number of fused-ring (bicyclic) bond motifs is 1. The van der Waals surface area contributed by atoms with Crippen LogP contribution in [0.5, 0.6) is 11.5 Å². The van der Waals surface area contributed by atoms with Gasteiger partial charge in [-0.05, 0) is 47.0 Å². The molecule has 0 aliphatic carbocycles. The zero-order valence-electron chi connectivity index (χ0n) is 20.9. The van der Waals surface area contributed by atoms with Crippen LogP contribution in [0.25, 0.3) is 10.9 Å². The van der Waals surface area contributed by atoms with Gasteiger partial charge in [-0.2, -0.15) is 0 Å². The molecular formula is C31H28N2O4S. The molecule has 0 aliphatic heterocycles. The van der Waals surface area contributed by atoms with E-state index in [9.17, 15) is 9.90 Å². The number of carboxylic acids is 1. The van der Waals surface area contributed by atoms with E-state index in [1.165, 1.54) is 11.8 Å². The highest BCUT2D eigenvalue weighted by molar-refractivity contribution is 7.99. The van der Waals surface area contributed by atoms with E-state index >= 15 is 0 Å². The maximum Gasteiger partial charge on any atom is 0.353 e. The van der Waals surface area contributed by atoms with Crippen LogP contribution < -0.4 is 14.8 Å². The number of aromatic amines is 1. The Hall–Kier alpha value is -4.20. The van der Waals surface area contributed by atoms with Crippen molar-refractivity contribution in [2.45, 2.75) is 29.5 Å². The van der Waals surface area contributed by atoms with E-state index in [2.05, 4.69) is 10.3 Å². The summed E-state index contributed by atoms with van der Waals surface area (Å²) in [5.41, 5.74) is 4.24. The number of ether oxygens (including phenoxy) is 2. The standard InChI is InChI=1S/C31H28N2O4S/c1-36-28-17-23(13-15-27(28)37-20-21-8-4-2-5-9-21)19-32-18-22-12-14-25-26(16-22)33-29(31(34)35)30(25)38-24-10-6-3-7-11-24/h2-17,32-33H,18-20H2,1H3,(H,34,35). The first-order chi connectivity index (χ1) is 18.6. The van der Waals surface area contributed by atoms with Crippen molar-refractivity contribution >= 4 is 28.6 Å². The van der Waals surface area contributed by atoms with Crippen molar-refractivity contribution in [2.24, 2.45) is 0 Å². The topological polar surface area (TPSA) is 83.6 Å². The quantitative estimate of drug-likeness (QED) is 0.174. The van der Waals surface area contributed by atoms with Crippen LogP contribution in [0.3, 0.4) is 0 Å². The molecule has 1 heterocycles. The molecule has 0 unspecified atom stereocenters. The first-order valence-corrected chi connectivity index (χ1v) is 13.1. The minimum Gasteiger partial charge on any atom is -0.493 e. The van der Waals surface area contributed by atoms with E-state index in [0.717, 1.165) is 37.4 Å². The normalized spacial score (nSPS) is 11.0. The lowest BCUT2D eigenvalue weighted by Gasteiger charge is -2.13. The van der Waals surface area contributed by atoms with Crippen LogP contribution in [0.2, 0.25) is 0 Å². The minimum absolute atomic E-state index is 0.209. The van der Waals surface area contributed by atoms with E-state index in [1.807, 2.05) is 97.1 Å². The lowest BCUT2D eigenvalue weighted by molar-refractivity contribution is 0.0687. The smallest absolute Gasteiger partial charge is 0.353 e. The number of rotatable bonds is 11. The predicted molar refractivity (Wildman–Crippen MR) is 150 cm³/mol. The van der Waals surface area contributed by atoms with Crippen LogP contribution in [0.15, 0.2) is 107 Å². The molecule has 4 aromatic carbocycles. The van der Waals surface area contributed by atoms with Gasteiger partial charge in [-0.15, -0.1) is 0 Å². The van der Waals surface area contributed by atoms with Crippen molar-refractivity contribution in [1.82, 2.24) is 10.3 Å². The molecule has 5 aromatic rings. The maximum absolute atomic E-state index is 11.9. The van der Waals surface area contributed by atoms with Crippen molar-refractivity contribution in [3.05, 3.63) is 119 Å². The van der Waals surface area contributed by atoms with Crippen LogP contribution in [-0.2, 0) is 19.7 Å². The van der Waals surface area contributed by atoms with Gasteiger partial charge in [0.2, 0.25) is 0 Å². The van der Waals surface area contributed by atoms with Gasteiger partial charge in [0, 0.05) is 28.9 Å². The highest BCUT2D eigenvalue weighted by Gasteiger charge is 2.18. The van der Waals surface area contributed by atoms with Crippen LogP contribution in [-0.4, -0.2) is 23.2 Å². The summed E-state index contributed by atoms with van der Waals surface area (Å²) < 4.78 is 11.5. The Morgan fingerprint density at radius 3 is 2.24 bits per heavy atom. The molecule has 1 aromatic heterocycles. The number of aromatic nitrogens is 1. The summed E-state index contributed by atoms with van der Waals surface area (Å²) >= 11 is 1.46. The number of hydrogen-bond acceptors (Lipinski definition) is 5. The summed E-state index contributed by atoms with van der Waals surface area (Å²) in [6, 6.07) is 31.8. The Kier molecular flexibility index (Phi) is 7.97.